The first-order valence-electron chi connectivity index (χ1n) is 6.38. The van der Waals surface area contributed by atoms with E-state index in [9.17, 15) is 9.90 Å². The summed E-state index contributed by atoms with van der Waals surface area (Å²) >= 11 is 0. The third-order valence-corrected chi connectivity index (χ3v) is 2.86. The summed E-state index contributed by atoms with van der Waals surface area (Å²) in [5.41, 5.74) is 0.830. The molecule has 0 spiro atoms. The Labute approximate surface area is 109 Å². The molecule has 0 saturated carbocycles. The third-order valence-electron chi connectivity index (χ3n) is 2.86. The Balaban J connectivity index is 2.40. The van der Waals surface area contributed by atoms with Crippen molar-refractivity contribution in [3.63, 3.8) is 0 Å². The summed E-state index contributed by atoms with van der Waals surface area (Å²) in [6, 6.07) is 7.36. The lowest BCUT2D eigenvalue weighted by Crippen LogP contribution is -2.40. The predicted octanol–water partition coefficient (Wildman–Crippen LogP) is 2.88. The first-order valence-corrected chi connectivity index (χ1v) is 6.38. The van der Waals surface area contributed by atoms with Crippen molar-refractivity contribution in [3.8, 4) is 5.75 Å². The summed E-state index contributed by atoms with van der Waals surface area (Å²) in [7, 11) is 0. The largest absolute Gasteiger partial charge is 0.508 e. The van der Waals surface area contributed by atoms with E-state index in [4.69, 9.17) is 0 Å². The molecule has 0 heterocycles. The summed E-state index contributed by atoms with van der Waals surface area (Å²) in [4.78, 5) is 11.8. The van der Waals surface area contributed by atoms with E-state index in [1.165, 1.54) is 5.56 Å². The number of phenols is 1. The topological polar surface area (TPSA) is 49.3 Å². The van der Waals surface area contributed by atoms with Crippen molar-refractivity contribution in [2.45, 2.75) is 46.6 Å². The molecule has 1 rings (SSSR count). The van der Waals surface area contributed by atoms with Crippen LogP contribution < -0.4 is 5.32 Å². The number of carbonyl (C=O) groups is 1. The molecule has 18 heavy (non-hydrogen) atoms. The van der Waals surface area contributed by atoms with Gasteiger partial charge in [0.15, 0.2) is 0 Å². The van der Waals surface area contributed by atoms with E-state index >= 15 is 0 Å². The van der Waals surface area contributed by atoms with E-state index in [-0.39, 0.29) is 23.1 Å². The van der Waals surface area contributed by atoms with Gasteiger partial charge >= 0.3 is 0 Å². The van der Waals surface area contributed by atoms with E-state index in [1.807, 2.05) is 39.8 Å². The molecule has 1 unspecified atom stereocenters. The van der Waals surface area contributed by atoms with Gasteiger partial charge in [-0.2, -0.15) is 0 Å². The second-order valence-electron chi connectivity index (χ2n) is 5.83. The SMILES string of the molecule is CC(CCc1ccc(O)cc1)NC(=O)C(C)(C)C. The fraction of sp³-hybridized carbons (Fsp3) is 0.533. The second kappa shape index (κ2) is 5.89. The van der Waals surface area contributed by atoms with Gasteiger partial charge in [0.25, 0.3) is 0 Å². The molecule has 0 radical (unpaired) electrons. The molecule has 0 aliphatic rings. The zero-order valence-electron chi connectivity index (χ0n) is 11.7. The van der Waals surface area contributed by atoms with Crippen LogP contribution in [-0.4, -0.2) is 17.1 Å². The fourth-order valence-electron chi connectivity index (χ4n) is 1.56. The molecule has 0 saturated heterocycles. The zero-order valence-corrected chi connectivity index (χ0v) is 11.7. The first kappa shape index (κ1) is 14.6. The van der Waals surface area contributed by atoms with Gasteiger partial charge in [0.2, 0.25) is 5.91 Å². The summed E-state index contributed by atoms with van der Waals surface area (Å²) in [5, 5.41) is 12.2. The quantitative estimate of drug-likeness (QED) is 0.862. The van der Waals surface area contributed by atoms with Crippen LogP contribution in [-0.2, 0) is 11.2 Å². The summed E-state index contributed by atoms with van der Waals surface area (Å²) in [6.45, 7) is 7.75. The molecule has 2 N–H and O–H groups in total. The first-order chi connectivity index (χ1) is 8.29. The molecular formula is C15H23NO2. The van der Waals surface area contributed by atoms with Gasteiger partial charge in [0.05, 0.1) is 0 Å². The van der Waals surface area contributed by atoms with Crippen molar-refractivity contribution < 1.29 is 9.90 Å². The number of aromatic hydroxyl groups is 1. The van der Waals surface area contributed by atoms with E-state index < -0.39 is 0 Å². The third kappa shape index (κ3) is 4.78. The summed E-state index contributed by atoms with van der Waals surface area (Å²) in [5.74, 6) is 0.369. The standard InChI is InChI=1S/C15H23NO2/c1-11(16-14(18)15(2,3)4)5-6-12-7-9-13(17)10-8-12/h7-11,17H,5-6H2,1-4H3,(H,16,18). The number of amides is 1. The van der Waals surface area contributed by atoms with Gasteiger partial charge in [-0.25, -0.2) is 0 Å². The minimum Gasteiger partial charge on any atom is -0.508 e. The second-order valence-corrected chi connectivity index (χ2v) is 5.83. The Bertz CT molecular complexity index is 390. The van der Waals surface area contributed by atoms with E-state index in [1.54, 1.807) is 12.1 Å². The zero-order chi connectivity index (χ0) is 13.8. The highest BCUT2D eigenvalue weighted by atomic mass is 16.3. The lowest BCUT2D eigenvalue weighted by atomic mass is 9.95. The van der Waals surface area contributed by atoms with Crippen LogP contribution >= 0.6 is 0 Å². The van der Waals surface area contributed by atoms with Gasteiger partial charge in [-0.1, -0.05) is 32.9 Å². The van der Waals surface area contributed by atoms with Gasteiger partial charge in [0, 0.05) is 11.5 Å². The lowest BCUT2D eigenvalue weighted by Gasteiger charge is -2.21. The van der Waals surface area contributed by atoms with Gasteiger partial charge in [-0.15, -0.1) is 0 Å². The van der Waals surface area contributed by atoms with Crippen molar-refractivity contribution in [1.82, 2.24) is 5.32 Å². The molecule has 1 atom stereocenters. The molecule has 0 aromatic heterocycles. The molecule has 0 aliphatic carbocycles. The van der Waals surface area contributed by atoms with E-state index in [0.29, 0.717) is 0 Å². The Morgan fingerprint density at radius 1 is 1.28 bits per heavy atom. The maximum Gasteiger partial charge on any atom is 0.225 e. The Hall–Kier alpha value is -1.51. The van der Waals surface area contributed by atoms with E-state index in [0.717, 1.165) is 12.8 Å². The van der Waals surface area contributed by atoms with Crippen molar-refractivity contribution in [3.05, 3.63) is 29.8 Å². The maximum absolute atomic E-state index is 11.8. The van der Waals surface area contributed by atoms with Crippen molar-refractivity contribution in [2.75, 3.05) is 0 Å². The minimum atomic E-state index is -0.340. The van der Waals surface area contributed by atoms with Crippen molar-refractivity contribution in [2.24, 2.45) is 5.41 Å². The van der Waals surface area contributed by atoms with Gasteiger partial charge < -0.3 is 10.4 Å². The molecule has 3 heteroatoms. The highest BCUT2D eigenvalue weighted by Gasteiger charge is 2.22. The molecule has 0 fully saturated rings. The van der Waals surface area contributed by atoms with Crippen molar-refractivity contribution >= 4 is 5.91 Å². The van der Waals surface area contributed by atoms with Crippen LogP contribution in [0, 0.1) is 5.41 Å². The molecule has 1 amide bonds. The van der Waals surface area contributed by atoms with Crippen LogP contribution in [0.4, 0.5) is 0 Å². The number of benzene rings is 1. The van der Waals surface area contributed by atoms with Crippen LogP contribution in [0.3, 0.4) is 0 Å². The van der Waals surface area contributed by atoms with Crippen LogP contribution in [0.5, 0.6) is 5.75 Å². The number of hydrogen-bond donors (Lipinski definition) is 2. The minimum absolute atomic E-state index is 0.0840. The van der Waals surface area contributed by atoms with Gasteiger partial charge in [-0.3, -0.25) is 4.79 Å². The highest BCUT2D eigenvalue weighted by Crippen LogP contribution is 2.15. The highest BCUT2D eigenvalue weighted by molar-refractivity contribution is 5.81. The molecule has 0 aliphatic heterocycles. The van der Waals surface area contributed by atoms with Crippen molar-refractivity contribution in [1.29, 1.82) is 0 Å². The van der Waals surface area contributed by atoms with Crippen LogP contribution in [0.15, 0.2) is 24.3 Å². The lowest BCUT2D eigenvalue weighted by molar-refractivity contribution is -0.129. The Morgan fingerprint density at radius 2 is 1.83 bits per heavy atom. The van der Waals surface area contributed by atoms with Gasteiger partial charge in [-0.05, 0) is 37.5 Å². The summed E-state index contributed by atoms with van der Waals surface area (Å²) < 4.78 is 0. The number of phenolic OH excluding ortho intramolecular Hbond substituents is 1. The van der Waals surface area contributed by atoms with E-state index in [2.05, 4.69) is 5.32 Å². The number of nitrogens with one attached hydrogen (secondary N) is 1. The summed E-state index contributed by atoms with van der Waals surface area (Å²) in [6.07, 6.45) is 1.79. The van der Waals surface area contributed by atoms with Crippen LogP contribution in [0.25, 0.3) is 0 Å². The fourth-order valence-corrected chi connectivity index (χ4v) is 1.56. The molecular weight excluding hydrogens is 226 g/mol. The number of carbonyl (C=O) groups excluding carboxylic acids is 1. The molecule has 1 aromatic rings. The molecule has 3 nitrogen and oxygen atoms in total. The number of rotatable bonds is 4. The predicted molar refractivity (Wildman–Crippen MR) is 73.5 cm³/mol. The normalized spacial score (nSPS) is 13.1. The Kier molecular flexibility index (Phi) is 4.76. The Morgan fingerprint density at radius 3 is 2.33 bits per heavy atom. The number of hydrogen-bond acceptors (Lipinski definition) is 2. The number of aryl methyl sites for hydroxylation is 1. The molecule has 0 bridgehead atoms. The molecule has 1 aromatic carbocycles. The average molecular weight is 249 g/mol. The van der Waals surface area contributed by atoms with Crippen LogP contribution in [0.2, 0.25) is 0 Å². The monoisotopic (exact) mass is 249 g/mol. The van der Waals surface area contributed by atoms with Crippen LogP contribution in [0.1, 0.15) is 39.7 Å². The van der Waals surface area contributed by atoms with Gasteiger partial charge in [0.1, 0.15) is 5.75 Å². The maximum atomic E-state index is 11.8. The molecule has 100 valence electrons. The average Bonchev–Trinajstić information content (AvgIpc) is 2.27. The smallest absolute Gasteiger partial charge is 0.225 e.